The Bertz CT molecular complexity index is 866. The van der Waals surface area contributed by atoms with Gasteiger partial charge in [-0.05, 0) is 48.4 Å². The Balaban J connectivity index is 1.63. The highest BCUT2D eigenvalue weighted by Crippen LogP contribution is 2.23. The van der Waals surface area contributed by atoms with E-state index in [-0.39, 0.29) is 5.91 Å². The number of anilines is 2. The molecule has 6 heteroatoms. The fourth-order valence-electron chi connectivity index (χ4n) is 2.26. The average molecular weight is 353 g/mol. The summed E-state index contributed by atoms with van der Waals surface area (Å²) in [5, 5.41) is 6.73. The van der Waals surface area contributed by atoms with Gasteiger partial charge in [-0.1, -0.05) is 23.7 Å². The quantitative estimate of drug-likeness (QED) is 0.725. The van der Waals surface area contributed by atoms with Crippen LogP contribution in [0.4, 0.5) is 11.4 Å². The minimum absolute atomic E-state index is 0.227. The minimum atomic E-state index is -0.227. The highest BCUT2D eigenvalue weighted by atomic mass is 35.5. The second-order valence-electron chi connectivity index (χ2n) is 5.56. The van der Waals surface area contributed by atoms with E-state index in [9.17, 15) is 4.79 Å². The van der Waals surface area contributed by atoms with E-state index < -0.39 is 0 Å². The van der Waals surface area contributed by atoms with Gasteiger partial charge in [0.15, 0.2) is 0 Å². The van der Waals surface area contributed by atoms with Gasteiger partial charge in [0.2, 0.25) is 0 Å². The zero-order valence-corrected chi connectivity index (χ0v) is 14.4. The van der Waals surface area contributed by atoms with E-state index in [0.717, 1.165) is 22.5 Å². The molecule has 3 rings (SSSR count). The van der Waals surface area contributed by atoms with Crippen LogP contribution in [0, 0.1) is 6.92 Å². The van der Waals surface area contributed by atoms with E-state index in [2.05, 4.69) is 20.6 Å². The normalized spacial score (nSPS) is 10.3. The van der Waals surface area contributed by atoms with Gasteiger partial charge in [0, 0.05) is 29.6 Å². The zero-order chi connectivity index (χ0) is 17.6. The highest BCUT2D eigenvalue weighted by Gasteiger charge is 2.07. The molecule has 2 aromatic heterocycles. The van der Waals surface area contributed by atoms with Crippen LogP contribution in [0.3, 0.4) is 0 Å². The van der Waals surface area contributed by atoms with Crippen molar-refractivity contribution in [3.63, 3.8) is 0 Å². The molecule has 2 heterocycles. The van der Waals surface area contributed by atoms with Crippen LogP contribution in [-0.4, -0.2) is 15.9 Å². The van der Waals surface area contributed by atoms with E-state index in [1.807, 2.05) is 43.3 Å². The first-order valence-electron chi connectivity index (χ1n) is 7.78. The fraction of sp³-hybridized carbons (Fsp3) is 0.105. The first kappa shape index (κ1) is 16.9. The number of carbonyl (C=O) groups excluding carboxylic acids is 1. The third kappa shape index (κ3) is 4.55. The van der Waals surface area contributed by atoms with Crippen molar-refractivity contribution in [2.24, 2.45) is 0 Å². The Labute approximate surface area is 151 Å². The van der Waals surface area contributed by atoms with Crippen molar-refractivity contribution < 1.29 is 4.79 Å². The predicted octanol–water partition coefficient (Wildman–Crippen LogP) is 4.11. The summed E-state index contributed by atoms with van der Waals surface area (Å²) in [4.78, 5) is 20.4. The SMILES string of the molecule is Cc1ccc(Cl)cc1Nc1ccc(C(=O)NCc2cccnc2)nc1. The maximum Gasteiger partial charge on any atom is 0.270 e. The first-order chi connectivity index (χ1) is 12.1. The van der Waals surface area contributed by atoms with Crippen molar-refractivity contribution in [3.8, 4) is 0 Å². The van der Waals surface area contributed by atoms with Gasteiger partial charge in [0.1, 0.15) is 5.69 Å². The van der Waals surface area contributed by atoms with E-state index in [1.165, 1.54) is 0 Å². The lowest BCUT2D eigenvalue weighted by Crippen LogP contribution is -2.23. The summed E-state index contributed by atoms with van der Waals surface area (Å²) >= 11 is 6.02. The van der Waals surface area contributed by atoms with Gasteiger partial charge in [0.05, 0.1) is 11.9 Å². The Morgan fingerprint density at radius 2 is 2.04 bits per heavy atom. The summed E-state index contributed by atoms with van der Waals surface area (Å²) in [7, 11) is 0. The average Bonchev–Trinajstić information content (AvgIpc) is 2.64. The molecule has 0 spiro atoms. The first-order valence-corrected chi connectivity index (χ1v) is 8.16. The number of aryl methyl sites for hydroxylation is 1. The lowest BCUT2D eigenvalue weighted by atomic mass is 10.2. The lowest BCUT2D eigenvalue weighted by molar-refractivity contribution is 0.0946. The van der Waals surface area contributed by atoms with Crippen molar-refractivity contribution in [1.29, 1.82) is 0 Å². The molecule has 0 aliphatic heterocycles. The molecule has 0 unspecified atom stereocenters. The Kier molecular flexibility index (Phi) is 5.26. The van der Waals surface area contributed by atoms with Crippen LogP contribution in [0.1, 0.15) is 21.6 Å². The van der Waals surface area contributed by atoms with Crippen LogP contribution in [0.5, 0.6) is 0 Å². The molecule has 1 aromatic carbocycles. The number of aromatic nitrogens is 2. The van der Waals surface area contributed by atoms with Gasteiger partial charge >= 0.3 is 0 Å². The van der Waals surface area contributed by atoms with Gasteiger partial charge < -0.3 is 10.6 Å². The van der Waals surface area contributed by atoms with E-state index in [0.29, 0.717) is 17.3 Å². The van der Waals surface area contributed by atoms with Gasteiger partial charge in [-0.15, -0.1) is 0 Å². The maximum absolute atomic E-state index is 12.2. The van der Waals surface area contributed by atoms with E-state index in [1.54, 1.807) is 24.7 Å². The number of halogens is 1. The van der Waals surface area contributed by atoms with Gasteiger partial charge in [0.25, 0.3) is 5.91 Å². The number of pyridine rings is 2. The summed E-state index contributed by atoms with van der Waals surface area (Å²) in [6.07, 6.45) is 5.04. The summed E-state index contributed by atoms with van der Waals surface area (Å²) in [5.41, 5.74) is 4.06. The van der Waals surface area contributed by atoms with Crippen molar-refractivity contribution in [2.45, 2.75) is 13.5 Å². The summed E-state index contributed by atoms with van der Waals surface area (Å²) in [5.74, 6) is -0.227. The molecule has 0 fully saturated rings. The van der Waals surface area contributed by atoms with Crippen LogP contribution in [0.15, 0.2) is 61.1 Å². The fourth-order valence-corrected chi connectivity index (χ4v) is 2.43. The number of hydrogen-bond donors (Lipinski definition) is 2. The zero-order valence-electron chi connectivity index (χ0n) is 13.7. The second-order valence-corrected chi connectivity index (χ2v) is 6.00. The molecule has 0 aliphatic rings. The van der Waals surface area contributed by atoms with Crippen LogP contribution in [0.25, 0.3) is 0 Å². The predicted molar refractivity (Wildman–Crippen MR) is 99.1 cm³/mol. The summed E-state index contributed by atoms with van der Waals surface area (Å²) < 4.78 is 0. The van der Waals surface area contributed by atoms with Crippen molar-refractivity contribution in [2.75, 3.05) is 5.32 Å². The molecule has 0 saturated heterocycles. The Morgan fingerprint density at radius 3 is 2.76 bits per heavy atom. The third-order valence-corrected chi connectivity index (χ3v) is 3.89. The molecule has 0 radical (unpaired) electrons. The molecular weight excluding hydrogens is 336 g/mol. The van der Waals surface area contributed by atoms with Gasteiger partial charge in [-0.3, -0.25) is 9.78 Å². The van der Waals surface area contributed by atoms with Crippen molar-refractivity contribution in [3.05, 3.63) is 82.9 Å². The van der Waals surface area contributed by atoms with E-state index in [4.69, 9.17) is 11.6 Å². The number of carbonyl (C=O) groups is 1. The molecule has 5 nitrogen and oxygen atoms in total. The third-order valence-electron chi connectivity index (χ3n) is 3.65. The number of benzene rings is 1. The highest BCUT2D eigenvalue weighted by molar-refractivity contribution is 6.30. The molecule has 0 aliphatic carbocycles. The molecule has 0 bridgehead atoms. The van der Waals surface area contributed by atoms with Crippen molar-refractivity contribution in [1.82, 2.24) is 15.3 Å². The number of hydrogen-bond acceptors (Lipinski definition) is 4. The topological polar surface area (TPSA) is 66.9 Å². The number of rotatable bonds is 5. The van der Waals surface area contributed by atoms with Crippen LogP contribution >= 0.6 is 11.6 Å². The molecule has 126 valence electrons. The van der Waals surface area contributed by atoms with Crippen LogP contribution < -0.4 is 10.6 Å². The number of nitrogens with zero attached hydrogens (tertiary/aromatic N) is 2. The van der Waals surface area contributed by atoms with Gasteiger partial charge in [-0.2, -0.15) is 0 Å². The molecule has 25 heavy (non-hydrogen) atoms. The van der Waals surface area contributed by atoms with Gasteiger partial charge in [-0.25, -0.2) is 4.98 Å². The Hall–Kier alpha value is -2.92. The largest absolute Gasteiger partial charge is 0.354 e. The second kappa shape index (κ2) is 7.77. The molecule has 0 atom stereocenters. The maximum atomic E-state index is 12.2. The lowest BCUT2D eigenvalue weighted by Gasteiger charge is -2.10. The smallest absolute Gasteiger partial charge is 0.270 e. The minimum Gasteiger partial charge on any atom is -0.354 e. The number of nitrogens with one attached hydrogen (secondary N) is 2. The molecular formula is C19H17ClN4O. The standard InChI is InChI=1S/C19H17ClN4O/c1-13-4-5-15(20)9-18(13)24-16-6-7-17(22-12-16)19(25)23-11-14-3-2-8-21-10-14/h2-10,12,24H,11H2,1H3,(H,23,25). The Morgan fingerprint density at radius 1 is 1.16 bits per heavy atom. The number of amides is 1. The summed E-state index contributed by atoms with van der Waals surface area (Å²) in [6, 6.07) is 12.9. The molecule has 2 N–H and O–H groups in total. The summed E-state index contributed by atoms with van der Waals surface area (Å²) in [6.45, 7) is 2.41. The van der Waals surface area contributed by atoms with E-state index >= 15 is 0 Å². The molecule has 3 aromatic rings. The molecule has 0 saturated carbocycles. The molecule has 1 amide bonds. The van der Waals surface area contributed by atoms with Crippen LogP contribution in [0.2, 0.25) is 5.02 Å². The van der Waals surface area contributed by atoms with Crippen molar-refractivity contribution >= 4 is 28.9 Å². The monoisotopic (exact) mass is 352 g/mol. The van der Waals surface area contributed by atoms with Crippen LogP contribution in [-0.2, 0) is 6.54 Å².